The second-order valence-electron chi connectivity index (χ2n) is 7.66. The van der Waals surface area contributed by atoms with Crippen molar-refractivity contribution in [2.24, 2.45) is 5.10 Å². The standard InChI is InChI=1S/C28H24N2O5/c1-19(34-26-9-5-7-21-6-3-4-8-25(21)26)27(31)30-29-18-20-10-14-24(15-11-20)35-28(32)22-12-16-23(33-2)17-13-22/h3-19H,1-2H3,(H,30,31)/b29-18-/t19-/m0/s1. The molecule has 176 valence electrons. The molecule has 4 rings (SSSR count). The van der Waals surface area contributed by atoms with Crippen molar-refractivity contribution >= 4 is 28.9 Å². The number of methoxy groups -OCH3 is 1. The van der Waals surface area contributed by atoms with Crippen molar-refractivity contribution in [3.8, 4) is 17.2 Å². The van der Waals surface area contributed by atoms with Crippen LogP contribution in [-0.4, -0.2) is 31.3 Å². The van der Waals surface area contributed by atoms with Crippen molar-refractivity contribution in [1.82, 2.24) is 5.43 Å². The zero-order valence-electron chi connectivity index (χ0n) is 19.3. The minimum atomic E-state index is -0.738. The average molecular weight is 469 g/mol. The number of esters is 1. The zero-order valence-corrected chi connectivity index (χ0v) is 19.3. The van der Waals surface area contributed by atoms with Crippen LogP contribution in [0.4, 0.5) is 0 Å². The zero-order chi connectivity index (χ0) is 24.6. The fourth-order valence-corrected chi connectivity index (χ4v) is 3.32. The molecule has 1 amide bonds. The van der Waals surface area contributed by atoms with E-state index in [1.54, 1.807) is 62.6 Å². The van der Waals surface area contributed by atoms with Gasteiger partial charge >= 0.3 is 5.97 Å². The van der Waals surface area contributed by atoms with Crippen molar-refractivity contribution in [2.75, 3.05) is 7.11 Å². The van der Waals surface area contributed by atoms with Gasteiger partial charge in [-0.05, 0) is 72.5 Å². The number of carbonyl (C=O) groups excluding carboxylic acids is 2. The molecule has 1 N–H and O–H groups in total. The Morgan fingerprint density at radius 1 is 0.857 bits per heavy atom. The molecule has 0 radical (unpaired) electrons. The Bertz CT molecular complexity index is 1340. The van der Waals surface area contributed by atoms with E-state index < -0.39 is 12.1 Å². The molecule has 7 nitrogen and oxygen atoms in total. The van der Waals surface area contributed by atoms with Gasteiger partial charge < -0.3 is 14.2 Å². The summed E-state index contributed by atoms with van der Waals surface area (Å²) in [5.41, 5.74) is 3.62. The van der Waals surface area contributed by atoms with E-state index in [9.17, 15) is 9.59 Å². The van der Waals surface area contributed by atoms with E-state index in [0.717, 1.165) is 16.3 Å². The highest BCUT2D eigenvalue weighted by molar-refractivity contribution is 5.91. The molecule has 0 bridgehead atoms. The van der Waals surface area contributed by atoms with Crippen LogP contribution in [0.3, 0.4) is 0 Å². The minimum Gasteiger partial charge on any atom is -0.497 e. The SMILES string of the molecule is COc1ccc(C(=O)Oc2ccc(/C=N\NC(=O)[C@H](C)Oc3cccc4ccccc34)cc2)cc1. The smallest absolute Gasteiger partial charge is 0.343 e. The van der Waals surface area contributed by atoms with Crippen LogP contribution in [0.15, 0.2) is 96.1 Å². The lowest BCUT2D eigenvalue weighted by Gasteiger charge is -2.14. The Kier molecular flexibility index (Phi) is 7.37. The largest absolute Gasteiger partial charge is 0.497 e. The molecular weight excluding hydrogens is 444 g/mol. The molecule has 0 aliphatic carbocycles. The predicted octanol–water partition coefficient (Wildman–Crippen LogP) is 4.99. The van der Waals surface area contributed by atoms with Crippen molar-refractivity contribution in [2.45, 2.75) is 13.0 Å². The number of hydrogen-bond donors (Lipinski definition) is 1. The van der Waals surface area contributed by atoms with Gasteiger partial charge in [0.2, 0.25) is 0 Å². The average Bonchev–Trinajstić information content (AvgIpc) is 2.90. The number of fused-ring (bicyclic) bond motifs is 1. The summed E-state index contributed by atoms with van der Waals surface area (Å²) in [6.45, 7) is 1.67. The summed E-state index contributed by atoms with van der Waals surface area (Å²) >= 11 is 0. The summed E-state index contributed by atoms with van der Waals surface area (Å²) in [5, 5.41) is 5.97. The van der Waals surface area contributed by atoms with Crippen LogP contribution in [0.2, 0.25) is 0 Å². The normalized spacial score (nSPS) is 11.7. The molecule has 0 aromatic heterocycles. The summed E-state index contributed by atoms with van der Waals surface area (Å²) in [6, 6.07) is 26.9. The molecule has 0 heterocycles. The highest BCUT2D eigenvalue weighted by Gasteiger charge is 2.15. The molecule has 1 atom stereocenters. The molecule has 35 heavy (non-hydrogen) atoms. The first-order chi connectivity index (χ1) is 17.0. The van der Waals surface area contributed by atoms with E-state index >= 15 is 0 Å². The maximum absolute atomic E-state index is 12.4. The molecule has 0 fully saturated rings. The second-order valence-corrected chi connectivity index (χ2v) is 7.66. The lowest BCUT2D eigenvalue weighted by atomic mass is 10.1. The number of nitrogens with zero attached hydrogens (tertiary/aromatic N) is 1. The monoisotopic (exact) mass is 468 g/mol. The van der Waals surface area contributed by atoms with Gasteiger partial charge in [0.05, 0.1) is 18.9 Å². The Labute approximate surface area is 202 Å². The first-order valence-electron chi connectivity index (χ1n) is 11.0. The minimum absolute atomic E-state index is 0.376. The van der Waals surface area contributed by atoms with E-state index in [1.807, 2.05) is 42.5 Å². The van der Waals surface area contributed by atoms with E-state index in [0.29, 0.717) is 22.8 Å². The van der Waals surface area contributed by atoms with Gasteiger partial charge in [0.1, 0.15) is 17.2 Å². The molecule has 4 aromatic rings. The number of benzene rings is 4. The molecule has 0 spiro atoms. The molecule has 7 heteroatoms. The highest BCUT2D eigenvalue weighted by atomic mass is 16.5. The Hall–Kier alpha value is -4.65. The number of amides is 1. The lowest BCUT2D eigenvalue weighted by molar-refractivity contribution is -0.127. The van der Waals surface area contributed by atoms with Gasteiger partial charge in [-0.1, -0.05) is 36.4 Å². The number of ether oxygens (including phenoxy) is 3. The molecule has 0 aliphatic heterocycles. The van der Waals surface area contributed by atoms with Gasteiger partial charge in [0.25, 0.3) is 5.91 Å². The summed E-state index contributed by atoms with van der Waals surface area (Å²) in [7, 11) is 1.56. The van der Waals surface area contributed by atoms with Gasteiger partial charge in [-0.3, -0.25) is 4.79 Å². The first kappa shape index (κ1) is 23.5. The van der Waals surface area contributed by atoms with Crippen LogP contribution >= 0.6 is 0 Å². The summed E-state index contributed by atoms with van der Waals surface area (Å²) < 4.78 is 16.3. The number of hydrazone groups is 1. The van der Waals surface area contributed by atoms with Gasteiger partial charge in [-0.2, -0.15) is 5.10 Å². The first-order valence-corrected chi connectivity index (χ1v) is 11.0. The van der Waals surface area contributed by atoms with Gasteiger partial charge in [-0.25, -0.2) is 10.2 Å². The third-order valence-electron chi connectivity index (χ3n) is 5.23. The fraction of sp³-hybridized carbons (Fsp3) is 0.107. The second kappa shape index (κ2) is 11.0. The quantitative estimate of drug-likeness (QED) is 0.171. The van der Waals surface area contributed by atoms with Crippen LogP contribution < -0.4 is 19.6 Å². The van der Waals surface area contributed by atoms with E-state index in [1.165, 1.54) is 6.21 Å². The van der Waals surface area contributed by atoms with Crippen LogP contribution in [0.5, 0.6) is 17.2 Å². The van der Waals surface area contributed by atoms with Crippen molar-refractivity contribution in [3.05, 3.63) is 102 Å². The maximum atomic E-state index is 12.4. The maximum Gasteiger partial charge on any atom is 0.343 e. The van der Waals surface area contributed by atoms with Crippen molar-refractivity contribution < 1.29 is 23.8 Å². The Morgan fingerprint density at radius 2 is 1.54 bits per heavy atom. The fourth-order valence-electron chi connectivity index (χ4n) is 3.32. The van der Waals surface area contributed by atoms with Crippen molar-refractivity contribution in [3.63, 3.8) is 0 Å². The molecule has 0 unspecified atom stereocenters. The van der Waals surface area contributed by atoms with Gasteiger partial charge in [-0.15, -0.1) is 0 Å². The van der Waals surface area contributed by atoms with Crippen LogP contribution in [-0.2, 0) is 4.79 Å². The molecule has 0 saturated heterocycles. The van der Waals surface area contributed by atoms with Crippen molar-refractivity contribution in [1.29, 1.82) is 0 Å². The number of nitrogens with one attached hydrogen (secondary N) is 1. The predicted molar refractivity (Wildman–Crippen MR) is 134 cm³/mol. The van der Waals surface area contributed by atoms with Crippen LogP contribution in [0.1, 0.15) is 22.8 Å². The molecule has 4 aromatic carbocycles. The number of rotatable bonds is 8. The number of hydrogen-bond acceptors (Lipinski definition) is 6. The molecular formula is C28H24N2O5. The topological polar surface area (TPSA) is 86.2 Å². The van der Waals surface area contributed by atoms with Crippen LogP contribution in [0.25, 0.3) is 10.8 Å². The third-order valence-corrected chi connectivity index (χ3v) is 5.23. The molecule has 0 aliphatic rings. The van der Waals surface area contributed by atoms with E-state index in [4.69, 9.17) is 14.2 Å². The van der Waals surface area contributed by atoms with Gasteiger partial charge in [0, 0.05) is 5.39 Å². The summed E-state index contributed by atoms with van der Waals surface area (Å²) in [6.07, 6.45) is 0.759. The molecule has 0 saturated carbocycles. The summed E-state index contributed by atoms with van der Waals surface area (Å²) in [5.74, 6) is 0.839. The lowest BCUT2D eigenvalue weighted by Crippen LogP contribution is -2.33. The van der Waals surface area contributed by atoms with Crippen LogP contribution in [0, 0.1) is 0 Å². The summed E-state index contributed by atoms with van der Waals surface area (Å²) in [4.78, 5) is 24.7. The number of carbonyl (C=O) groups is 2. The Balaban J connectivity index is 1.30. The highest BCUT2D eigenvalue weighted by Crippen LogP contribution is 2.26. The Morgan fingerprint density at radius 3 is 2.29 bits per heavy atom. The van der Waals surface area contributed by atoms with E-state index in [2.05, 4.69) is 10.5 Å². The third kappa shape index (κ3) is 6.03. The van der Waals surface area contributed by atoms with E-state index in [-0.39, 0.29) is 5.91 Å². The van der Waals surface area contributed by atoms with Gasteiger partial charge in [0.15, 0.2) is 6.10 Å².